The first-order valence-corrected chi connectivity index (χ1v) is 14.1. The van der Waals surface area contributed by atoms with Gasteiger partial charge in [-0.05, 0) is 43.9 Å². The van der Waals surface area contributed by atoms with E-state index in [0.717, 1.165) is 90.6 Å². The van der Waals surface area contributed by atoms with Gasteiger partial charge >= 0.3 is 11.9 Å². The minimum atomic E-state index is -0.542. The molecule has 0 fully saturated rings. The predicted octanol–water partition coefficient (Wildman–Crippen LogP) is 4.92. The number of anilines is 1. The number of ether oxygens (including phenoxy) is 2. The average molecular weight is 536 g/mol. The highest BCUT2D eigenvalue weighted by molar-refractivity contribution is 7.17. The number of nitrogens with one attached hydrogen (secondary N) is 1. The molecule has 2 aliphatic rings. The molecule has 0 bridgehead atoms. The summed E-state index contributed by atoms with van der Waals surface area (Å²) in [7, 11) is 1.35. The molecule has 1 aliphatic heterocycles. The maximum absolute atomic E-state index is 13.4. The van der Waals surface area contributed by atoms with Gasteiger partial charge in [-0.1, -0.05) is 38.0 Å². The lowest BCUT2D eigenvalue weighted by Gasteiger charge is -2.28. The number of hydrogen-bond donors (Lipinski definition) is 1. The summed E-state index contributed by atoms with van der Waals surface area (Å²) in [4.78, 5) is 47.2. The topological polar surface area (TPSA) is 97.8 Å². The Labute approximate surface area is 226 Å². The quantitative estimate of drug-likeness (QED) is 0.448. The number of carbonyl (C=O) groups is 3. The van der Waals surface area contributed by atoms with Crippen LogP contribution < -0.4 is 5.32 Å². The third kappa shape index (κ3) is 5.31. The second kappa shape index (κ2) is 11.6. The predicted molar refractivity (Wildman–Crippen MR) is 147 cm³/mol. The number of likely N-dealkylation sites (N-methyl/N-ethyl adjacent to an activating group) is 1. The zero-order valence-electron chi connectivity index (χ0n) is 21.9. The van der Waals surface area contributed by atoms with Crippen molar-refractivity contribution < 1.29 is 23.9 Å². The summed E-state index contributed by atoms with van der Waals surface area (Å²) < 4.78 is 10.6. The molecule has 3 heterocycles. The largest absolute Gasteiger partial charge is 0.465 e. The van der Waals surface area contributed by atoms with Gasteiger partial charge in [0, 0.05) is 41.0 Å². The van der Waals surface area contributed by atoms with E-state index in [-0.39, 0.29) is 0 Å². The van der Waals surface area contributed by atoms with Gasteiger partial charge < -0.3 is 14.8 Å². The number of thiophene rings is 1. The van der Waals surface area contributed by atoms with Gasteiger partial charge in [-0.2, -0.15) is 0 Å². The van der Waals surface area contributed by atoms with E-state index in [1.54, 1.807) is 0 Å². The lowest BCUT2D eigenvalue weighted by Crippen LogP contribution is -2.32. The number of carbonyl (C=O) groups excluding carboxylic acids is 3. The summed E-state index contributed by atoms with van der Waals surface area (Å²) >= 11 is 1.42. The van der Waals surface area contributed by atoms with Gasteiger partial charge in [-0.15, -0.1) is 11.3 Å². The van der Waals surface area contributed by atoms with Crippen molar-refractivity contribution in [3.8, 4) is 0 Å². The molecule has 3 aromatic rings. The minimum absolute atomic E-state index is 0.433. The molecule has 1 N–H and O–H groups in total. The van der Waals surface area contributed by atoms with Crippen molar-refractivity contribution in [1.82, 2.24) is 9.88 Å². The highest BCUT2D eigenvalue weighted by Crippen LogP contribution is 2.37. The molecule has 0 saturated carbocycles. The second-order valence-electron chi connectivity index (χ2n) is 9.79. The van der Waals surface area contributed by atoms with E-state index >= 15 is 0 Å². The standard InChI is InChI=1S/C29H33N3O5S/c1-3-32-15-14-22-20(16-32)25(18-10-8-9-12-21(18)30-22)29(35)37-17-24(33)31-27-26(28(34)36-2)19-11-6-4-5-7-13-23(19)38-27/h8-10,12H,3-7,11,13-17H2,1-2H3,(H,31,33). The molecule has 1 aliphatic carbocycles. The third-order valence-corrected chi connectivity index (χ3v) is 8.63. The molecule has 0 saturated heterocycles. The van der Waals surface area contributed by atoms with E-state index in [4.69, 9.17) is 14.5 Å². The molecule has 200 valence electrons. The molecule has 1 amide bonds. The highest BCUT2D eigenvalue weighted by Gasteiger charge is 2.28. The molecule has 38 heavy (non-hydrogen) atoms. The monoisotopic (exact) mass is 535 g/mol. The lowest BCUT2D eigenvalue weighted by molar-refractivity contribution is -0.119. The Bertz CT molecular complexity index is 1380. The van der Waals surface area contributed by atoms with Gasteiger partial charge in [0.25, 0.3) is 5.91 Å². The first kappa shape index (κ1) is 26.3. The van der Waals surface area contributed by atoms with E-state index in [0.29, 0.717) is 22.7 Å². The van der Waals surface area contributed by atoms with Crippen molar-refractivity contribution in [2.45, 2.75) is 58.4 Å². The number of fused-ring (bicyclic) bond motifs is 3. The number of aryl methyl sites for hydroxylation is 1. The van der Waals surface area contributed by atoms with Crippen LogP contribution in [0.15, 0.2) is 24.3 Å². The Balaban J connectivity index is 1.37. The SMILES string of the molecule is CCN1CCc2nc3ccccc3c(C(=O)OCC(=O)Nc3sc4c(c3C(=O)OC)CCCCCC4)c2C1. The van der Waals surface area contributed by atoms with E-state index < -0.39 is 24.5 Å². The van der Waals surface area contributed by atoms with Crippen molar-refractivity contribution >= 4 is 45.1 Å². The summed E-state index contributed by atoms with van der Waals surface area (Å²) in [5.41, 5.74) is 4.40. The van der Waals surface area contributed by atoms with Crippen molar-refractivity contribution in [3.05, 3.63) is 57.1 Å². The van der Waals surface area contributed by atoms with Gasteiger partial charge in [-0.3, -0.25) is 14.7 Å². The van der Waals surface area contributed by atoms with Crippen molar-refractivity contribution in [2.75, 3.05) is 32.1 Å². The number of pyridine rings is 1. The molecule has 0 unspecified atom stereocenters. The maximum Gasteiger partial charge on any atom is 0.341 e. The number of para-hydroxylation sites is 1. The fraction of sp³-hybridized carbons (Fsp3) is 0.448. The van der Waals surface area contributed by atoms with Crippen LogP contribution in [0.1, 0.15) is 75.0 Å². The molecular weight excluding hydrogens is 502 g/mol. The van der Waals surface area contributed by atoms with E-state index in [9.17, 15) is 14.4 Å². The van der Waals surface area contributed by atoms with Gasteiger partial charge in [-0.25, -0.2) is 9.59 Å². The normalized spacial score (nSPS) is 15.6. The second-order valence-corrected chi connectivity index (χ2v) is 10.9. The number of aromatic nitrogens is 1. The van der Waals surface area contributed by atoms with Crippen LogP contribution in [-0.2, 0) is 40.1 Å². The summed E-state index contributed by atoms with van der Waals surface area (Å²) in [6, 6.07) is 7.53. The molecular formula is C29H33N3O5S. The van der Waals surface area contributed by atoms with Crippen LogP contribution in [-0.4, -0.2) is 54.5 Å². The fourth-order valence-electron chi connectivity index (χ4n) is 5.44. The van der Waals surface area contributed by atoms with E-state index in [1.165, 1.54) is 18.4 Å². The van der Waals surface area contributed by atoms with Crippen LogP contribution in [0.2, 0.25) is 0 Å². The number of hydrogen-bond acceptors (Lipinski definition) is 8. The van der Waals surface area contributed by atoms with Crippen LogP contribution in [0.5, 0.6) is 0 Å². The van der Waals surface area contributed by atoms with Crippen LogP contribution >= 0.6 is 11.3 Å². The van der Waals surface area contributed by atoms with Crippen LogP contribution in [0.25, 0.3) is 10.9 Å². The summed E-state index contributed by atoms with van der Waals surface area (Å²) in [6.07, 6.45) is 6.76. The zero-order valence-corrected chi connectivity index (χ0v) is 22.7. The molecule has 0 radical (unpaired) electrons. The molecule has 0 spiro atoms. The van der Waals surface area contributed by atoms with E-state index in [1.807, 2.05) is 24.3 Å². The van der Waals surface area contributed by atoms with E-state index in [2.05, 4.69) is 17.1 Å². The van der Waals surface area contributed by atoms with Crippen molar-refractivity contribution in [1.29, 1.82) is 0 Å². The highest BCUT2D eigenvalue weighted by atomic mass is 32.1. The van der Waals surface area contributed by atoms with Gasteiger partial charge in [0.05, 0.1) is 23.8 Å². The summed E-state index contributed by atoms with van der Waals surface area (Å²) in [5.74, 6) is -1.48. The molecule has 5 rings (SSSR count). The Kier molecular flexibility index (Phi) is 8.04. The number of benzene rings is 1. The van der Waals surface area contributed by atoms with Gasteiger partial charge in [0.15, 0.2) is 6.61 Å². The number of methoxy groups -OCH3 is 1. The van der Waals surface area contributed by atoms with Gasteiger partial charge in [0.1, 0.15) is 5.00 Å². The van der Waals surface area contributed by atoms with Crippen LogP contribution in [0.3, 0.4) is 0 Å². The van der Waals surface area contributed by atoms with Crippen molar-refractivity contribution in [3.63, 3.8) is 0 Å². The number of rotatable bonds is 6. The zero-order chi connectivity index (χ0) is 26.6. The Morgan fingerprint density at radius 3 is 2.58 bits per heavy atom. The molecule has 9 heteroatoms. The Morgan fingerprint density at radius 2 is 1.79 bits per heavy atom. The first-order valence-electron chi connectivity index (χ1n) is 13.3. The van der Waals surface area contributed by atoms with Crippen LogP contribution in [0, 0.1) is 0 Å². The Hall–Kier alpha value is -3.30. The number of esters is 2. The number of amides is 1. The molecule has 1 aromatic carbocycles. The van der Waals surface area contributed by atoms with Gasteiger partial charge in [0.2, 0.25) is 0 Å². The smallest absolute Gasteiger partial charge is 0.341 e. The third-order valence-electron chi connectivity index (χ3n) is 7.42. The Morgan fingerprint density at radius 1 is 1.00 bits per heavy atom. The van der Waals surface area contributed by atoms with Crippen molar-refractivity contribution in [2.24, 2.45) is 0 Å². The molecule has 0 atom stereocenters. The first-order chi connectivity index (χ1) is 18.5. The average Bonchev–Trinajstić information content (AvgIpc) is 3.24. The summed E-state index contributed by atoms with van der Waals surface area (Å²) in [6.45, 7) is 4.01. The summed E-state index contributed by atoms with van der Waals surface area (Å²) in [5, 5.41) is 4.02. The fourth-order valence-corrected chi connectivity index (χ4v) is 6.73. The lowest BCUT2D eigenvalue weighted by atomic mass is 9.96. The van der Waals surface area contributed by atoms with Crippen LogP contribution in [0.4, 0.5) is 5.00 Å². The maximum atomic E-state index is 13.4. The molecule has 2 aromatic heterocycles. The minimum Gasteiger partial charge on any atom is -0.465 e. The molecule has 8 nitrogen and oxygen atoms in total. The number of nitrogens with zero attached hydrogens (tertiary/aromatic N) is 2.